The standard InChI is InChI=1S/C14H13FINO/c1-17-9-10-6-7-13(11(15)8-10)18-14-5-3-2-4-12(14)16/h2-8,17H,9H2,1H3. The van der Waals surface area contributed by atoms with Crippen LogP contribution in [0.1, 0.15) is 5.56 Å². The highest BCUT2D eigenvalue weighted by molar-refractivity contribution is 14.1. The zero-order valence-corrected chi connectivity index (χ0v) is 12.1. The SMILES string of the molecule is CNCc1ccc(Oc2ccccc2I)c(F)c1. The minimum absolute atomic E-state index is 0.249. The van der Waals surface area contributed by atoms with E-state index in [1.54, 1.807) is 6.07 Å². The Balaban J connectivity index is 2.22. The van der Waals surface area contributed by atoms with Crippen LogP contribution in [0, 0.1) is 9.39 Å². The van der Waals surface area contributed by atoms with E-state index in [4.69, 9.17) is 4.74 Å². The summed E-state index contributed by atoms with van der Waals surface area (Å²) in [5.74, 6) is 0.569. The van der Waals surface area contributed by atoms with Crippen molar-refractivity contribution < 1.29 is 9.13 Å². The van der Waals surface area contributed by atoms with Gasteiger partial charge in [-0.15, -0.1) is 0 Å². The van der Waals surface area contributed by atoms with Crippen molar-refractivity contribution in [1.29, 1.82) is 0 Å². The Hall–Kier alpha value is -1.14. The zero-order chi connectivity index (χ0) is 13.0. The van der Waals surface area contributed by atoms with E-state index in [0.717, 1.165) is 9.13 Å². The molecule has 1 N–H and O–H groups in total. The maximum absolute atomic E-state index is 13.8. The predicted octanol–water partition coefficient (Wildman–Crippen LogP) is 3.94. The average Bonchev–Trinajstić information content (AvgIpc) is 2.35. The minimum Gasteiger partial charge on any atom is -0.453 e. The van der Waals surface area contributed by atoms with Gasteiger partial charge in [0.1, 0.15) is 5.75 Å². The van der Waals surface area contributed by atoms with Crippen LogP contribution < -0.4 is 10.1 Å². The van der Waals surface area contributed by atoms with Crippen LogP contribution in [-0.2, 0) is 6.54 Å². The summed E-state index contributed by atoms with van der Waals surface area (Å²) < 4.78 is 20.4. The van der Waals surface area contributed by atoms with E-state index in [1.165, 1.54) is 6.07 Å². The summed E-state index contributed by atoms with van der Waals surface area (Å²) in [6.45, 7) is 0.639. The first kappa shape index (κ1) is 13.3. The fourth-order valence-electron chi connectivity index (χ4n) is 1.59. The van der Waals surface area contributed by atoms with Gasteiger partial charge in [-0.1, -0.05) is 18.2 Å². The summed E-state index contributed by atoms with van der Waals surface area (Å²) in [7, 11) is 1.83. The second kappa shape index (κ2) is 6.15. The third-order valence-electron chi connectivity index (χ3n) is 2.43. The van der Waals surface area contributed by atoms with Crippen LogP contribution in [0.3, 0.4) is 0 Å². The van der Waals surface area contributed by atoms with Crippen LogP contribution in [-0.4, -0.2) is 7.05 Å². The van der Waals surface area contributed by atoms with Crippen molar-refractivity contribution in [2.24, 2.45) is 0 Å². The highest BCUT2D eigenvalue weighted by atomic mass is 127. The van der Waals surface area contributed by atoms with Gasteiger partial charge in [-0.3, -0.25) is 0 Å². The van der Waals surface area contributed by atoms with Crippen LogP contribution in [0.25, 0.3) is 0 Å². The molecule has 0 fully saturated rings. The zero-order valence-electron chi connectivity index (χ0n) is 9.91. The molecular weight excluding hydrogens is 344 g/mol. The number of para-hydroxylation sites is 1. The van der Waals surface area contributed by atoms with Crippen LogP contribution >= 0.6 is 22.6 Å². The lowest BCUT2D eigenvalue weighted by Gasteiger charge is -2.09. The molecule has 18 heavy (non-hydrogen) atoms. The Morgan fingerprint density at radius 3 is 2.61 bits per heavy atom. The highest BCUT2D eigenvalue weighted by Crippen LogP contribution is 2.28. The van der Waals surface area contributed by atoms with Gasteiger partial charge < -0.3 is 10.1 Å². The highest BCUT2D eigenvalue weighted by Gasteiger charge is 2.07. The summed E-state index contributed by atoms with van der Waals surface area (Å²) in [5, 5.41) is 2.98. The van der Waals surface area contributed by atoms with Crippen molar-refractivity contribution in [3.8, 4) is 11.5 Å². The van der Waals surface area contributed by atoms with Crippen LogP contribution in [0.4, 0.5) is 4.39 Å². The summed E-state index contributed by atoms with van der Waals surface area (Å²) in [4.78, 5) is 0. The fourth-order valence-corrected chi connectivity index (χ4v) is 2.08. The van der Waals surface area contributed by atoms with Crippen molar-refractivity contribution in [3.63, 3.8) is 0 Å². The number of hydrogen-bond acceptors (Lipinski definition) is 2. The summed E-state index contributed by atoms with van der Waals surface area (Å²) >= 11 is 2.16. The Bertz CT molecular complexity index is 545. The number of ether oxygens (including phenoxy) is 1. The molecule has 0 saturated heterocycles. The number of halogens is 2. The third kappa shape index (κ3) is 3.20. The molecule has 0 heterocycles. The van der Waals surface area contributed by atoms with Crippen LogP contribution in [0.15, 0.2) is 42.5 Å². The van der Waals surface area contributed by atoms with E-state index in [9.17, 15) is 4.39 Å². The van der Waals surface area contributed by atoms with Crippen molar-refractivity contribution in [2.45, 2.75) is 6.54 Å². The second-order valence-corrected chi connectivity index (χ2v) is 4.99. The van der Waals surface area contributed by atoms with E-state index in [-0.39, 0.29) is 11.6 Å². The molecule has 0 saturated carbocycles. The molecule has 0 amide bonds. The van der Waals surface area contributed by atoms with Gasteiger partial charge in [0.05, 0.1) is 3.57 Å². The lowest BCUT2D eigenvalue weighted by molar-refractivity contribution is 0.439. The molecule has 2 aromatic carbocycles. The van der Waals surface area contributed by atoms with Gasteiger partial charge in [0.15, 0.2) is 11.6 Å². The lowest BCUT2D eigenvalue weighted by atomic mass is 10.2. The van der Waals surface area contributed by atoms with Gasteiger partial charge in [-0.2, -0.15) is 0 Å². The lowest BCUT2D eigenvalue weighted by Crippen LogP contribution is -2.05. The Kier molecular flexibility index (Phi) is 4.54. The monoisotopic (exact) mass is 357 g/mol. The Morgan fingerprint density at radius 2 is 1.94 bits per heavy atom. The molecule has 0 atom stereocenters. The number of rotatable bonds is 4. The number of hydrogen-bond donors (Lipinski definition) is 1. The second-order valence-electron chi connectivity index (χ2n) is 3.83. The molecule has 2 rings (SSSR count). The molecule has 0 aromatic heterocycles. The first-order valence-electron chi connectivity index (χ1n) is 5.56. The quantitative estimate of drug-likeness (QED) is 0.837. The van der Waals surface area contributed by atoms with Gasteiger partial charge >= 0.3 is 0 Å². The van der Waals surface area contributed by atoms with Crippen LogP contribution in [0.2, 0.25) is 0 Å². The third-order valence-corrected chi connectivity index (χ3v) is 3.32. The van der Waals surface area contributed by atoms with Gasteiger partial charge in [0.25, 0.3) is 0 Å². The first-order chi connectivity index (χ1) is 8.70. The van der Waals surface area contributed by atoms with Crippen molar-refractivity contribution in [1.82, 2.24) is 5.32 Å². The summed E-state index contributed by atoms with van der Waals surface area (Å²) in [6.07, 6.45) is 0. The summed E-state index contributed by atoms with van der Waals surface area (Å²) in [5.41, 5.74) is 0.894. The Labute approximate surface area is 119 Å². The smallest absolute Gasteiger partial charge is 0.166 e. The normalized spacial score (nSPS) is 10.4. The topological polar surface area (TPSA) is 21.3 Å². The number of nitrogens with one attached hydrogen (secondary N) is 1. The van der Waals surface area contributed by atoms with Crippen molar-refractivity contribution in [3.05, 3.63) is 57.4 Å². The molecule has 0 unspecified atom stereocenters. The molecule has 2 aromatic rings. The van der Waals surface area contributed by atoms with Crippen molar-refractivity contribution in [2.75, 3.05) is 7.05 Å². The van der Waals surface area contributed by atoms with E-state index in [1.807, 2.05) is 37.4 Å². The van der Waals surface area contributed by atoms with Gasteiger partial charge in [0, 0.05) is 6.54 Å². The van der Waals surface area contributed by atoms with E-state index >= 15 is 0 Å². The minimum atomic E-state index is -0.345. The summed E-state index contributed by atoms with van der Waals surface area (Å²) in [6, 6.07) is 12.5. The van der Waals surface area contributed by atoms with E-state index in [0.29, 0.717) is 12.3 Å². The van der Waals surface area contributed by atoms with Crippen LogP contribution in [0.5, 0.6) is 11.5 Å². The predicted molar refractivity (Wildman–Crippen MR) is 78.4 cm³/mol. The molecule has 94 valence electrons. The number of benzene rings is 2. The molecule has 0 aliphatic rings. The van der Waals surface area contributed by atoms with E-state index in [2.05, 4.69) is 27.9 Å². The fraction of sp³-hybridized carbons (Fsp3) is 0.143. The first-order valence-corrected chi connectivity index (χ1v) is 6.64. The maximum atomic E-state index is 13.8. The molecule has 0 bridgehead atoms. The van der Waals surface area contributed by atoms with Crippen molar-refractivity contribution >= 4 is 22.6 Å². The molecule has 0 aliphatic carbocycles. The van der Waals surface area contributed by atoms with Gasteiger partial charge in [0.2, 0.25) is 0 Å². The maximum Gasteiger partial charge on any atom is 0.166 e. The molecule has 2 nitrogen and oxygen atoms in total. The van der Waals surface area contributed by atoms with Gasteiger partial charge in [-0.05, 0) is 59.5 Å². The largest absolute Gasteiger partial charge is 0.453 e. The molecular formula is C14H13FINO. The average molecular weight is 357 g/mol. The molecule has 4 heteroatoms. The molecule has 0 radical (unpaired) electrons. The Morgan fingerprint density at radius 1 is 1.17 bits per heavy atom. The molecule has 0 aliphatic heterocycles. The van der Waals surface area contributed by atoms with E-state index < -0.39 is 0 Å². The van der Waals surface area contributed by atoms with Gasteiger partial charge in [-0.25, -0.2) is 4.39 Å². The molecule has 0 spiro atoms.